The number of benzene rings is 2. The van der Waals surface area contributed by atoms with Crippen molar-refractivity contribution in [2.24, 2.45) is 0 Å². The topological polar surface area (TPSA) is 188 Å². The third kappa shape index (κ3) is 6.48. The van der Waals surface area contributed by atoms with Crippen LogP contribution in [0.15, 0.2) is 47.1 Å². The summed E-state index contributed by atoms with van der Waals surface area (Å²) in [7, 11) is 0. The first-order valence-corrected chi connectivity index (χ1v) is 14.9. The molecule has 50 heavy (non-hydrogen) atoms. The molecule has 1 fully saturated rings. The maximum atomic E-state index is 14.1. The van der Waals surface area contributed by atoms with Gasteiger partial charge < -0.3 is 25.7 Å². The summed E-state index contributed by atoms with van der Waals surface area (Å²) >= 11 is 0. The molecule has 260 valence electrons. The van der Waals surface area contributed by atoms with Crippen molar-refractivity contribution in [3.8, 4) is 0 Å². The molecule has 2 aromatic heterocycles. The third-order valence-electron chi connectivity index (χ3n) is 7.96. The highest BCUT2D eigenvalue weighted by atomic mass is 19.4. The van der Waals surface area contributed by atoms with E-state index in [1.807, 2.05) is 0 Å². The number of halogens is 5. The maximum Gasteiger partial charge on any atom is 0.416 e. The van der Waals surface area contributed by atoms with E-state index in [1.165, 1.54) is 13.0 Å². The molecule has 19 heteroatoms. The Morgan fingerprint density at radius 2 is 1.78 bits per heavy atom. The molecule has 2 atom stereocenters. The zero-order chi connectivity index (χ0) is 35.9. The molecular weight excluding hydrogens is 675 g/mol. The standard InChI is InChI=1S/C31H25F5N8O6/c1-13-17-9-14(32)10-18(33)24(17)50-23(13)25(31(34,35)36)43-30(49)41-15-11-39-29(40-12-15)38-8-7-37-19-4-2-3-16-22(19)28(48)44(27(16)47)20-5-6-21(45)42-26(20)46/h2-4,9-12,20,25,37H,5-8H2,1H3,(H,38,39,40)(H2,41,43,49)(H,42,45,46). The summed E-state index contributed by atoms with van der Waals surface area (Å²) < 4.78 is 74.8. The Morgan fingerprint density at radius 1 is 1.06 bits per heavy atom. The summed E-state index contributed by atoms with van der Waals surface area (Å²) in [5.74, 6) is -5.49. The van der Waals surface area contributed by atoms with Crippen LogP contribution in [0.25, 0.3) is 11.0 Å². The minimum Gasteiger partial charge on any atom is -0.455 e. The summed E-state index contributed by atoms with van der Waals surface area (Å²) in [6.07, 6.45) is -2.83. The molecule has 4 heterocycles. The molecule has 0 radical (unpaired) electrons. The predicted molar refractivity (Wildman–Crippen MR) is 164 cm³/mol. The highest BCUT2D eigenvalue weighted by Crippen LogP contribution is 2.39. The molecule has 2 aliphatic rings. The number of alkyl halides is 3. The maximum absolute atomic E-state index is 14.1. The highest BCUT2D eigenvalue weighted by molar-refractivity contribution is 6.25. The first-order valence-electron chi connectivity index (χ1n) is 14.9. The fourth-order valence-corrected chi connectivity index (χ4v) is 5.65. The van der Waals surface area contributed by atoms with Gasteiger partial charge in [0, 0.05) is 42.2 Å². The molecule has 0 aliphatic carbocycles. The number of urea groups is 1. The van der Waals surface area contributed by atoms with Crippen LogP contribution < -0.4 is 26.6 Å². The van der Waals surface area contributed by atoms with Crippen LogP contribution >= 0.6 is 0 Å². The van der Waals surface area contributed by atoms with Crippen molar-refractivity contribution in [1.82, 2.24) is 25.5 Å². The number of anilines is 3. The lowest BCUT2D eigenvalue weighted by Gasteiger charge is -2.27. The minimum atomic E-state index is -5.07. The van der Waals surface area contributed by atoms with Crippen LogP contribution in [-0.4, -0.2) is 69.8 Å². The van der Waals surface area contributed by atoms with Crippen molar-refractivity contribution in [3.05, 3.63) is 76.8 Å². The van der Waals surface area contributed by atoms with Gasteiger partial charge in [-0.2, -0.15) is 13.2 Å². The zero-order valence-electron chi connectivity index (χ0n) is 25.7. The van der Waals surface area contributed by atoms with E-state index >= 15 is 0 Å². The predicted octanol–water partition coefficient (Wildman–Crippen LogP) is 4.16. The summed E-state index contributed by atoms with van der Waals surface area (Å²) in [5, 5.41) is 11.7. The first-order chi connectivity index (χ1) is 23.7. The van der Waals surface area contributed by atoms with Gasteiger partial charge in [0.25, 0.3) is 11.8 Å². The van der Waals surface area contributed by atoms with Crippen LogP contribution in [0.3, 0.4) is 0 Å². The Labute approximate surface area is 277 Å². The van der Waals surface area contributed by atoms with Crippen molar-refractivity contribution in [1.29, 1.82) is 0 Å². The molecule has 0 bridgehead atoms. The van der Waals surface area contributed by atoms with Crippen LogP contribution in [0.1, 0.15) is 50.9 Å². The van der Waals surface area contributed by atoms with Crippen molar-refractivity contribution >= 4 is 58.0 Å². The normalized spacial score (nSPS) is 16.7. The smallest absolute Gasteiger partial charge is 0.416 e. The average molecular weight is 701 g/mol. The van der Waals surface area contributed by atoms with Crippen LogP contribution in [0, 0.1) is 18.6 Å². The number of carbonyl (C=O) groups excluding carboxylic acids is 5. The lowest BCUT2D eigenvalue weighted by atomic mass is 10.0. The molecule has 2 unspecified atom stereocenters. The summed E-state index contributed by atoms with van der Waals surface area (Å²) in [4.78, 5) is 71.4. The van der Waals surface area contributed by atoms with Crippen LogP contribution in [0.4, 0.5) is 44.1 Å². The van der Waals surface area contributed by atoms with Gasteiger partial charge in [-0.15, -0.1) is 0 Å². The average Bonchev–Trinajstić information content (AvgIpc) is 3.51. The number of hydrogen-bond acceptors (Lipinski definition) is 10. The first kappa shape index (κ1) is 33.7. The van der Waals surface area contributed by atoms with Gasteiger partial charge in [-0.1, -0.05) is 6.07 Å². The van der Waals surface area contributed by atoms with E-state index in [0.717, 1.165) is 23.4 Å². The lowest BCUT2D eigenvalue weighted by molar-refractivity contribution is -0.158. The Kier molecular flexibility index (Phi) is 8.81. The number of rotatable bonds is 9. The summed E-state index contributed by atoms with van der Waals surface area (Å²) in [6, 6.07) is 0.769. The van der Waals surface area contributed by atoms with E-state index in [2.05, 4.69) is 31.2 Å². The van der Waals surface area contributed by atoms with Crippen LogP contribution in [-0.2, 0) is 9.59 Å². The Bertz CT molecular complexity index is 2050. The van der Waals surface area contributed by atoms with Gasteiger partial charge in [0.1, 0.15) is 17.6 Å². The molecule has 2 aliphatic heterocycles. The summed E-state index contributed by atoms with van der Waals surface area (Å²) in [5.41, 5.74) is -0.362. The number of nitrogens with one attached hydrogen (secondary N) is 5. The van der Waals surface area contributed by atoms with Gasteiger partial charge in [-0.3, -0.25) is 29.4 Å². The SMILES string of the molecule is Cc1c(C(NC(=O)Nc2cnc(NCCNc3cccc4c3C(=O)N(C3CCC(=O)NC3=O)C4=O)nc2)C(F)(F)F)oc2c(F)cc(F)cc12. The van der Waals surface area contributed by atoms with Crippen molar-refractivity contribution in [3.63, 3.8) is 0 Å². The molecule has 4 aromatic rings. The number of aromatic nitrogens is 2. The van der Waals surface area contributed by atoms with Crippen molar-refractivity contribution in [2.75, 3.05) is 29.0 Å². The van der Waals surface area contributed by atoms with E-state index in [1.54, 1.807) is 17.4 Å². The van der Waals surface area contributed by atoms with E-state index < -0.39 is 70.9 Å². The number of fused-ring (bicyclic) bond motifs is 2. The zero-order valence-corrected chi connectivity index (χ0v) is 25.7. The number of aryl methyl sites for hydroxylation is 1. The monoisotopic (exact) mass is 700 g/mol. The van der Waals surface area contributed by atoms with Gasteiger partial charge in [-0.25, -0.2) is 23.5 Å². The number of furan rings is 1. The van der Waals surface area contributed by atoms with Crippen molar-refractivity contribution < 1.29 is 50.3 Å². The van der Waals surface area contributed by atoms with Gasteiger partial charge in [0.2, 0.25) is 17.8 Å². The molecule has 6 rings (SSSR count). The van der Waals surface area contributed by atoms with E-state index in [0.29, 0.717) is 11.8 Å². The Morgan fingerprint density at radius 3 is 2.48 bits per heavy atom. The molecule has 1 saturated heterocycles. The molecule has 2 aromatic carbocycles. The molecule has 0 spiro atoms. The number of carbonyl (C=O) groups is 5. The van der Waals surface area contributed by atoms with E-state index in [9.17, 15) is 45.9 Å². The largest absolute Gasteiger partial charge is 0.455 e. The second-order valence-corrected chi connectivity index (χ2v) is 11.3. The lowest BCUT2D eigenvalue weighted by Crippen LogP contribution is -2.54. The van der Waals surface area contributed by atoms with Gasteiger partial charge in [-0.05, 0) is 31.5 Å². The Hall–Kier alpha value is -6.14. The fraction of sp³-hybridized carbons (Fsp3) is 0.258. The molecule has 14 nitrogen and oxygen atoms in total. The minimum absolute atomic E-state index is 0.0119. The molecule has 0 saturated carbocycles. The van der Waals surface area contributed by atoms with Gasteiger partial charge in [0.15, 0.2) is 17.4 Å². The van der Waals surface area contributed by atoms with Gasteiger partial charge >= 0.3 is 12.2 Å². The van der Waals surface area contributed by atoms with Gasteiger partial charge in [0.05, 0.1) is 29.2 Å². The van der Waals surface area contributed by atoms with E-state index in [-0.39, 0.29) is 59.6 Å². The molecule has 5 N–H and O–H groups in total. The highest BCUT2D eigenvalue weighted by Gasteiger charge is 2.47. The number of piperidine rings is 1. The number of nitrogens with zero attached hydrogens (tertiary/aromatic N) is 3. The second-order valence-electron chi connectivity index (χ2n) is 11.3. The van der Waals surface area contributed by atoms with Crippen LogP contribution in [0.2, 0.25) is 0 Å². The van der Waals surface area contributed by atoms with Crippen LogP contribution in [0.5, 0.6) is 0 Å². The Balaban J connectivity index is 1.04. The summed E-state index contributed by atoms with van der Waals surface area (Å²) in [6.45, 7) is 1.56. The number of imide groups is 2. The number of amides is 6. The third-order valence-corrected chi connectivity index (χ3v) is 7.96. The fourth-order valence-electron chi connectivity index (χ4n) is 5.65. The molecule has 6 amide bonds. The number of hydrogen-bond donors (Lipinski definition) is 5. The second kappa shape index (κ2) is 13.1. The van der Waals surface area contributed by atoms with E-state index in [4.69, 9.17) is 4.42 Å². The van der Waals surface area contributed by atoms with Crippen molar-refractivity contribution in [2.45, 2.75) is 38.0 Å². The molecular formula is C31H25F5N8O6. The quantitative estimate of drug-likeness (QED) is 0.0964.